The fourth-order valence-corrected chi connectivity index (χ4v) is 2.34. The first-order valence-corrected chi connectivity index (χ1v) is 7.81. The van der Waals surface area contributed by atoms with Crippen molar-refractivity contribution < 1.29 is 9.59 Å². The first-order valence-electron chi connectivity index (χ1n) is 7.81. The van der Waals surface area contributed by atoms with Crippen LogP contribution in [0.2, 0.25) is 0 Å². The van der Waals surface area contributed by atoms with E-state index in [-0.39, 0.29) is 24.2 Å². The van der Waals surface area contributed by atoms with Gasteiger partial charge in [-0.1, -0.05) is 31.5 Å². The molecule has 4 N–H and O–H groups in total. The minimum Gasteiger partial charge on any atom is -0.352 e. The molecule has 0 radical (unpaired) electrons. The van der Waals surface area contributed by atoms with Crippen LogP contribution in [-0.4, -0.2) is 29.4 Å². The van der Waals surface area contributed by atoms with E-state index in [1.165, 1.54) is 0 Å². The molecule has 2 aromatic rings. The van der Waals surface area contributed by atoms with E-state index in [4.69, 9.17) is 5.73 Å². The smallest absolute Gasteiger partial charge is 0.252 e. The van der Waals surface area contributed by atoms with Crippen molar-refractivity contribution in [2.75, 3.05) is 11.9 Å². The van der Waals surface area contributed by atoms with Gasteiger partial charge in [-0.15, -0.1) is 12.4 Å². The topological polar surface area (TPSA) is 97.1 Å². The molecule has 0 fully saturated rings. The van der Waals surface area contributed by atoms with Crippen LogP contribution >= 0.6 is 12.4 Å². The Morgan fingerprint density at radius 3 is 2.62 bits per heavy atom. The van der Waals surface area contributed by atoms with Crippen molar-refractivity contribution in [2.45, 2.75) is 32.7 Å². The van der Waals surface area contributed by atoms with E-state index in [0.717, 1.165) is 11.8 Å². The molecule has 6 nitrogen and oxygen atoms in total. The number of aromatic nitrogens is 1. The summed E-state index contributed by atoms with van der Waals surface area (Å²) in [5.41, 5.74) is 6.95. The van der Waals surface area contributed by atoms with Gasteiger partial charge < -0.3 is 16.4 Å². The number of anilines is 1. The monoisotopic (exact) mass is 350 g/mol. The number of amides is 2. The molecular formula is C17H23ClN4O2. The highest BCUT2D eigenvalue weighted by atomic mass is 35.5. The Morgan fingerprint density at radius 2 is 1.96 bits per heavy atom. The van der Waals surface area contributed by atoms with E-state index in [2.05, 4.69) is 15.6 Å². The molecule has 130 valence electrons. The van der Waals surface area contributed by atoms with Crippen molar-refractivity contribution in [2.24, 2.45) is 5.73 Å². The Labute approximate surface area is 147 Å². The number of nitrogens with two attached hydrogens (primary N) is 1. The quantitative estimate of drug-likeness (QED) is 0.745. The Hall–Kier alpha value is -2.18. The molecule has 2 rings (SSSR count). The molecule has 0 aliphatic heterocycles. The number of para-hydroxylation sites is 1. The number of pyridine rings is 1. The van der Waals surface area contributed by atoms with Gasteiger partial charge in [0.05, 0.1) is 17.1 Å². The standard InChI is InChI=1S/C17H22N4O2.ClH/c1-3-7-13(18)17(23)21-15-10-12(16(22)19-4-2)11-8-5-6-9-14(11)20-15;/h5-6,8-10,13H,3-4,7,18H2,1-2H3,(H,19,22)(H,20,21,23);1H. The van der Waals surface area contributed by atoms with E-state index in [0.29, 0.717) is 29.9 Å². The number of carbonyl (C=O) groups is 2. The molecular weight excluding hydrogens is 328 g/mol. The van der Waals surface area contributed by atoms with E-state index in [1.54, 1.807) is 12.1 Å². The molecule has 0 spiro atoms. The molecule has 0 saturated heterocycles. The summed E-state index contributed by atoms with van der Waals surface area (Å²) in [4.78, 5) is 28.7. The van der Waals surface area contributed by atoms with Gasteiger partial charge in [0.25, 0.3) is 5.91 Å². The lowest BCUT2D eigenvalue weighted by atomic mass is 10.1. The second kappa shape index (κ2) is 9.20. The maximum atomic E-state index is 12.3. The predicted molar refractivity (Wildman–Crippen MR) is 98.5 cm³/mol. The van der Waals surface area contributed by atoms with Crippen molar-refractivity contribution in [1.29, 1.82) is 0 Å². The van der Waals surface area contributed by atoms with Crippen LogP contribution in [0.5, 0.6) is 0 Å². The van der Waals surface area contributed by atoms with Crippen LogP contribution in [0.3, 0.4) is 0 Å². The van der Waals surface area contributed by atoms with Gasteiger partial charge in [-0.05, 0) is 25.5 Å². The fraction of sp³-hybridized carbons (Fsp3) is 0.353. The number of rotatable bonds is 6. The third-order valence-corrected chi connectivity index (χ3v) is 3.49. The van der Waals surface area contributed by atoms with Gasteiger partial charge >= 0.3 is 0 Å². The van der Waals surface area contributed by atoms with Gasteiger partial charge in [0.2, 0.25) is 5.91 Å². The van der Waals surface area contributed by atoms with Crippen molar-refractivity contribution in [3.8, 4) is 0 Å². The maximum Gasteiger partial charge on any atom is 0.252 e. The van der Waals surface area contributed by atoms with Gasteiger partial charge in [-0.25, -0.2) is 4.98 Å². The van der Waals surface area contributed by atoms with Crippen LogP contribution in [0, 0.1) is 0 Å². The fourth-order valence-electron chi connectivity index (χ4n) is 2.34. The Morgan fingerprint density at radius 1 is 1.25 bits per heavy atom. The molecule has 1 atom stereocenters. The van der Waals surface area contributed by atoms with Gasteiger partial charge in [-0.2, -0.15) is 0 Å². The van der Waals surface area contributed by atoms with Crippen LogP contribution in [0.1, 0.15) is 37.0 Å². The molecule has 1 heterocycles. The first kappa shape index (κ1) is 19.9. The number of nitrogens with zero attached hydrogens (tertiary/aromatic N) is 1. The minimum atomic E-state index is -0.582. The largest absolute Gasteiger partial charge is 0.352 e. The Kier molecular flexibility index (Phi) is 7.61. The summed E-state index contributed by atoms with van der Waals surface area (Å²) in [7, 11) is 0. The van der Waals surface area contributed by atoms with Crippen molar-refractivity contribution in [1.82, 2.24) is 10.3 Å². The van der Waals surface area contributed by atoms with E-state index < -0.39 is 6.04 Å². The van der Waals surface area contributed by atoms with E-state index in [1.807, 2.05) is 32.0 Å². The molecule has 0 aliphatic carbocycles. The molecule has 1 aromatic heterocycles. The molecule has 0 aliphatic rings. The van der Waals surface area contributed by atoms with Crippen LogP contribution < -0.4 is 16.4 Å². The predicted octanol–water partition coefficient (Wildman–Crippen LogP) is 2.47. The molecule has 0 bridgehead atoms. The summed E-state index contributed by atoms with van der Waals surface area (Å²) in [6.07, 6.45) is 1.42. The lowest BCUT2D eigenvalue weighted by Gasteiger charge is -2.13. The summed E-state index contributed by atoms with van der Waals surface area (Å²) in [6.45, 7) is 4.35. The number of carbonyl (C=O) groups excluding carboxylic acids is 2. The number of hydrogen-bond acceptors (Lipinski definition) is 4. The highest BCUT2D eigenvalue weighted by molar-refractivity contribution is 6.07. The van der Waals surface area contributed by atoms with Crippen LogP contribution in [0.4, 0.5) is 5.82 Å². The SMILES string of the molecule is CCCC(N)C(=O)Nc1cc(C(=O)NCC)c2ccccc2n1.Cl. The van der Waals surface area contributed by atoms with E-state index in [9.17, 15) is 9.59 Å². The highest BCUT2D eigenvalue weighted by Gasteiger charge is 2.16. The summed E-state index contributed by atoms with van der Waals surface area (Å²) in [6, 6.07) is 8.33. The van der Waals surface area contributed by atoms with E-state index >= 15 is 0 Å². The number of halogens is 1. The van der Waals surface area contributed by atoms with Gasteiger partial charge in [0.15, 0.2) is 0 Å². The number of benzene rings is 1. The third kappa shape index (κ3) is 4.66. The molecule has 24 heavy (non-hydrogen) atoms. The zero-order chi connectivity index (χ0) is 16.8. The normalized spacial score (nSPS) is 11.5. The third-order valence-electron chi connectivity index (χ3n) is 3.49. The Balaban J connectivity index is 0.00000288. The number of fused-ring (bicyclic) bond motifs is 1. The molecule has 1 unspecified atom stereocenters. The van der Waals surface area contributed by atoms with Crippen LogP contribution in [0.15, 0.2) is 30.3 Å². The maximum absolute atomic E-state index is 12.3. The van der Waals surface area contributed by atoms with Crippen LogP contribution in [-0.2, 0) is 4.79 Å². The second-order valence-corrected chi connectivity index (χ2v) is 5.32. The second-order valence-electron chi connectivity index (χ2n) is 5.32. The van der Waals surface area contributed by atoms with Gasteiger partial charge in [-0.3, -0.25) is 9.59 Å². The molecule has 1 aromatic carbocycles. The van der Waals surface area contributed by atoms with Gasteiger partial charge in [0, 0.05) is 11.9 Å². The summed E-state index contributed by atoms with van der Waals surface area (Å²) in [5.74, 6) is -0.155. The summed E-state index contributed by atoms with van der Waals surface area (Å²) >= 11 is 0. The zero-order valence-electron chi connectivity index (χ0n) is 13.8. The number of hydrogen-bond donors (Lipinski definition) is 3. The average molecular weight is 351 g/mol. The number of nitrogens with one attached hydrogen (secondary N) is 2. The van der Waals surface area contributed by atoms with Crippen LogP contribution in [0.25, 0.3) is 10.9 Å². The molecule has 7 heteroatoms. The van der Waals surface area contributed by atoms with Crippen molar-refractivity contribution in [3.05, 3.63) is 35.9 Å². The average Bonchev–Trinajstić information content (AvgIpc) is 2.54. The molecule has 2 amide bonds. The summed E-state index contributed by atoms with van der Waals surface area (Å²) < 4.78 is 0. The highest BCUT2D eigenvalue weighted by Crippen LogP contribution is 2.21. The van der Waals surface area contributed by atoms with Crippen molar-refractivity contribution >= 4 is 40.9 Å². The summed E-state index contributed by atoms with van der Waals surface area (Å²) in [5, 5.41) is 6.22. The lowest BCUT2D eigenvalue weighted by Crippen LogP contribution is -2.35. The molecule has 0 saturated carbocycles. The first-order chi connectivity index (χ1) is 11.1. The zero-order valence-corrected chi connectivity index (χ0v) is 14.7. The lowest BCUT2D eigenvalue weighted by molar-refractivity contribution is -0.117. The van der Waals surface area contributed by atoms with Crippen molar-refractivity contribution in [3.63, 3.8) is 0 Å². The van der Waals surface area contributed by atoms with Gasteiger partial charge in [0.1, 0.15) is 5.82 Å². The Bertz CT molecular complexity index is 721. The minimum absolute atomic E-state index is 0.